The molecule has 1 aromatic rings. The van der Waals surface area contributed by atoms with Crippen molar-refractivity contribution in [3.8, 4) is 0 Å². The van der Waals surface area contributed by atoms with Crippen molar-refractivity contribution in [1.82, 2.24) is 4.98 Å². The highest BCUT2D eigenvalue weighted by atomic mass is 32.2. The standard InChI is InChI=1S/C11H14N2O4S/c1-7-2-4-12-10(9(7)11(14)15)13-8-3-5-18(16,17)6-8/h2,4,8H,3,5-6H2,1H3,(H,12,13)(H,14,15). The van der Waals surface area contributed by atoms with Crippen LogP contribution in [0.5, 0.6) is 0 Å². The van der Waals surface area contributed by atoms with Gasteiger partial charge in [-0.05, 0) is 25.0 Å². The number of hydrogen-bond acceptors (Lipinski definition) is 5. The van der Waals surface area contributed by atoms with E-state index in [1.165, 1.54) is 6.20 Å². The Balaban J connectivity index is 2.25. The number of nitrogens with zero attached hydrogens (tertiary/aromatic N) is 1. The van der Waals surface area contributed by atoms with Crippen LogP contribution in [-0.2, 0) is 9.84 Å². The van der Waals surface area contributed by atoms with Crippen LogP contribution in [0.2, 0.25) is 0 Å². The predicted molar refractivity (Wildman–Crippen MR) is 66.6 cm³/mol. The molecule has 1 saturated heterocycles. The van der Waals surface area contributed by atoms with Gasteiger partial charge in [0.2, 0.25) is 0 Å². The van der Waals surface area contributed by atoms with Crippen LogP contribution in [0.15, 0.2) is 12.3 Å². The second-order valence-electron chi connectivity index (χ2n) is 4.40. The zero-order valence-corrected chi connectivity index (χ0v) is 10.7. The molecule has 7 heteroatoms. The molecule has 1 aliphatic rings. The summed E-state index contributed by atoms with van der Waals surface area (Å²) in [6.07, 6.45) is 1.99. The van der Waals surface area contributed by atoms with Crippen molar-refractivity contribution < 1.29 is 18.3 Å². The van der Waals surface area contributed by atoms with Crippen LogP contribution in [0.4, 0.5) is 5.82 Å². The van der Waals surface area contributed by atoms with Gasteiger partial charge < -0.3 is 10.4 Å². The monoisotopic (exact) mass is 270 g/mol. The maximum Gasteiger partial charge on any atom is 0.339 e. The third-order valence-corrected chi connectivity index (χ3v) is 4.71. The summed E-state index contributed by atoms with van der Waals surface area (Å²) in [5.41, 5.74) is 0.697. The summed E-state index contributed by atoms with van der Waals surface area (Å²) in [7, 11) is -3.00. The summed E-state index contributed by atoms with van der Waals surface area (Å²) < 4.78 is 22.7. The van der Waals surface area contributed by atoms with Crippen molar-refractivity contribution in [3.05, 3.63) is 23.4 Å². The van der Waals surface area contributed by atoms with Gasteiger partial charge in [0.15, 0.2) is 9.84 Å². The molecule has 1 aromatic heterocycles. The highest BCUT2D eigenvalue weighted by Crippen LogP contribution is 2.21. The molecule has 18 heavy (non-hydrogen) atoms. The Labute approximate surface area is 105 Å². The largest absolute Gasteiger partial charge is 0.478 e. The minimum absolute atomic E-state index is 0.0294. The SMILES string of the molecule is Cc1ccnc(NC2CCS(=O)(=O)C2)c1C(=O)O. The van der Waals surface area contributed by atoms with Crippen molar-refractivity contribution in [2.24, 2.45) is 0 Å². The molecule has 2 N–H and O–H groups in total. The molecule has 1 atom stereocenters. The number of pyridine rings is 1. The van der Waals surface area contributed by atoms with E-state index in [1.54, 1.807) is 13.0 Å². The van der Waals surface area contributed by atoms with Gasteiger partial charge in [-0.1, -0.05) is 0 Å². The lowest BCUT2D eigenvalue weighted by Gasteiger charge is -2.14. The minimum atomic E-state index is -3.00. The van der Waals surface area contributed by atoms with E-state index in [0.29, 0.717) is 12.0 Å². The number of hydrogen-bond donors (Lipinski definition) is 2. The van der Waals surface area contributed by atoms with Gasteiger partial charge in [0.25, 0.3) is 0 Å². The average Bonchev–Trinajstić information content (AvgIpc) is 2.57. The number of nitrogens with one attached hydrogen (secondary N) is 1. The number of sulfone groups is 1. The van der Waals surface area contributed by atoms with Gasteiger partial charge in [-0.25, -0.2) is 18.2 Å². The van der Waals surface area contributed by atoms with Crippen LogP contribution in [0, 0.1) is 6.92 Å². The number of carboxylic acids is 1. The van der Waals surface area contributed by atoms with Crippen molar-refractivity contribution >= 4 is 21.6 Å². The molecule has 2 heterocycles. The summed E-state index contributed by atoms with van der Waals surface area (Å²) in [6.45, 7) is 1.68. The third kappa shape index (κ3) is 2.61. The van der Waals surface area contributed by atoms with E-state index < -0.39 is 15.8 Å². The highest BCUT2D eigenvalue weighted by Gasteiger charge is 2.29. The first kappa shape index (κ1) is 12.8. The average molecular weight is 270 g/mol. The van der Waals surface area contributed by atoms with Crippen molar-refractivity contribution in [3.63, 3.8) is 0 Å². The van der Waals surface area contributed by atoms with Gasteiger partial charge in [-0.2, -0.15) is 0 Å². The van der Waals surface area contributed by atoms with E-state index in [0.717, 1.165) is 0 Å². The Bertz CT molecular complexity index is 583. The van der Waals surface area contributed by atoms with Crippen LogP contribution in [0.1, 0.15) is 22.3 Å². The first-order valence-corrected chi connectivity index (χ1v) is 7.37. The molecule has 0 spiro atoms. The molecule has 1 aliphatic heterocycles. The fraction of sp³-hybridized carbons (Fsp3) is 0.455. The molecule has 2 rings (SSSR count). The molecule has 1 fully saturated rings. The van der Waals surface area contributed by atoms with Crippen molar-refractivity contribution in [2.75, 3.05) is 16.8 Å². The second-order valence-corrected chi connectivity index (χ2v) is 6.63. The molecular formula is C11H14N2O4S. The fourth-order valence-corrected chi connectivity index (χ4v) is 3.71. The molecule has 0 amide bonds. The maximum absolute atomic E-state index is 11.3. The Morgan fingerprint density at radius 2 is 2.28 bits per heavy atom. The van der Waals surface area contributed by atoms with E-state index in [2.05, 4.69) is 10.3 Å². The van der Waals surface area contributed by atoms with E-state index in [9.17, 15) is 13.2 Å². The van der Waals surface area contributed by atoms with Gasteiger partial charge in [-0.3, -0.25) is 0 Å². The first-order chi connectivity index (χ1) is 8.39. The summed E-state index contributed by atoms with van der Waals surface area (Å²) in [5.74, 6) is -0.658. The molecule has 0 saturated carbocycles. The quantitative estimate of drug-likeness (QED) is 0.838. The highest BCUT2D eigenvalue weighted by molar-refractivity contribution is 7.91. The van der Waals surface area contributed by atoms with Gasteiger partial charge in [0.1, 0.15) is 11.4 Å². The van der Waals surface area contributed by atoms with Gasteiger partial charge in [-0.15, -0.1) is 0 Å². The lowest BCUT2D eigenvalue weighted by molar-refractivity contribution is 0.0696. The Hall–Kier alpha value is -1.63. The predicted octanol–water partition coefficient (Wildman–Crippen LogP) is 0.687. The fourth-order valence-electron chi connectivity index (χ4n) is 2.04. The van der Waals surface area contributed by atoms with Crippen LogP contribution in [-0.4, -0.2) is 42.0 Å². The molecule has 0 bridgehead atoms. The van der Waals surface area contributed by atoms with E-state index in [1.807, 2.05) is 0 Å². The molecule has 0 aromatic carbocycles. The van der Waals surface area contributed by atoms with E-state index >= 15 is 0 Å². The van der Waals surface area contributed by atoms with Crippen LogP contribution < -0.4 is 5.32 Å². The summed E-state index contributed by atoms with van der Waals surface area (Å²) in [6, 6.07) is 1.35. The maximum atomic E-state index is 11.3. The number of carboxylic acid groups (broad SMARTS) is 1. The lowest BCUT2D eigenvalue weighted by Crippen LogP contribution is -2.23. The van der Waals surface area contributed by atoms with Crippen molar-refractivity contribution in [2.45, 2.75) is 19.4 Å². The summed E-state index contributed by atoms with van der Waals surface area (Å²) in [5, 5.41) is 12.0. The number of anilines is 1. The number of aromatic carboxylic acids is 1. The second kappa shape index (κ2) is 4.56. The minimum Gasteiger partial charge on any atom is -0.478 e. The first-order valence-electron chi connectivity index (χ1n) is 5.55. The molecule has 1 unspecified atom stereocenters. The smallest absolute Gasteiger partial charge is 0.339 e. The summed E-state index contributed by atoms with van der Waals surface area (Å²) >= 11 is 0. The number of aromatic nitrogens is 1. The Morgan fingerprint density at radius 1 is 1.56 bits per heavy atom. The van der Waals surface area contributed by atoms with Gasteiger partial charge in [0.05, 0.1) is 11.5 Å². The normalized spacial score (nSPS) is 21.7. The van der Waals surface area contributed by atoms with Crippen molar-refractivity contribution in [1.29, 1.82) is 0 Å². The van der Waals surface area contributed by atoms with Gasteiger partial charge in [0, 0.05) is 12.2 Å². The van der Waals surface area contributed by atoms with Crippen LogP contribution >= 0.6 is 0 Å². The van der Waals surface area contributed by atoms with E-state index in [4.69, 9.17) is 5.11 Å². The van der Waals surface area contributed by atoms with Gasteiger partial charge >= 0.3 is 5.97 Å². The zero-order chi connectivity index (χ0) is 13.3. The van der Waals surface area contributed by atoms with Crippen LogP contribution in [0.3, 0.4) is 0 Å². The molecule has 0 aliphatic carbocycles. The summed E-state index contributed by atoms with van der Waals surface area (Å²) in [4.78, 5) is 15.1. The van der Waals surface area contributed by atoms with Crippen LogP contribution in [0.25, 0.3) is 0 Å². The Kier molecular flexibility index (Phi) is 3.25. The number of carbonyl (C=O) groups is 1. The zero-order valence-electron chi connectivity index (χ0n) is 9.88. The topological polar surface area (TPSA) is 96.4 Å². The number of aryl methyl sites for hydroxylation is 1. The molecule has 6 nitrogen and oxygen atoms in total. The van der Waals surface area contributed by atoms with E-state index in [-0.39, 0.29) is 28.9 Å². The third-order valence-electron chi connectivity index (χ3n) is 2.95. The Morgan fingerprint density at radius 3 is 2.83 bits per heavy atom. The molecular weight excluding hydrogens is 256 g/mol. The lowest BCUT2D eigenvalue weighted by atomic mass is 10.1. The molecule has 98 valence electrons. The number of rotatable bonds is 3. The molecule has 0 radical (unpaired) electrons.